The molecule has 0 aliphatic carbocycles. The van der Waals surface area contributed by atoms with E-state index in [1.54, 1.807) is 6.07 Å². The first-order valence-electron chi connectivity index (χ1n) is 3.90. The summed E-state index contributed by atoms with van der Waals surface area (Å²) in [6.07, 6.45) is 0. The van der Waals surface area contributed by atoms with Gasteiger partial charge in [0.2, 0.25) is 0 Å². The third-order valence-electron chi connectivity index (χ3n) is 2.02. The van der Waals surface area contributed by atoms with E-state index in [-0.39, 0.29) is 5.69 Å². The Balaban J connectivity index is 2.80. The number of nitrogens with two attached hydrogens (primary N) is 1. The average Bonchev–Trinajstić information content (AvgIpc) is 2.42. The van der Waals surface area contributed by atoms with Crippen LogP contribution in [0.4, 0.5) is 5.69 Å². The van der Waals surface area contributed by atoms with Crippen LogP contribution in [0.1, 0.15) is 5.56 Å². The Bertz CT molecular complexity index is 496. The molecule has 1 aromatic carbocycles. The molecule has 5 heteroatoms. The Morgan fingerprint density at radius 1 is 1.31 bits per heavy atom. The zero-order chi connectivity index (χ0) is 9.42. The zero-order valence-corrected chi connectivity index (χ0v) is 7.14. The highest BCUT2D eigenvalue weighted by atomic mass is 16.1. The minimum Gasteiger partial charge on any atom is -0.324 e. The number of anilines is 1. The summed E-state index contributed by atoms with van der Waals surface area (Å²) in [4.78, 5) is 16.3. The molecule has 68 valence electrons. The molecular weight excluding hydrogens is 168 g/mol. The molecule has 2 aromatic rings. The maximum atomic E-state index is 10.9. The summed E-state index contributed by atoms with van der Waals surface area (Å²) in [7, 11) is 0. The molecule has 2 rings (SSSR count). The number of H-pyrrole nitrogens is 2. The number of rotatable bonds is 1. The van der Waals surface area contributed by atoms with Gasteiger partial charge in [-0.15, -0.1) is 0 Å². The third kappa shape index (κ3) is 1.19. The van der Waals surface area contributed by atoms with Gasteiger partial charge in [0.25, 0.3) is 0 Å². The smallest absolute Gasteiger partial charge is 0.323 e. The normalized spacial score (nSPS) is 10.6. The van der Waals surface area contributed by atoms with Gasteiger partial charge in [-0.25, -0.2) is 4.79 Å². The van der Waals surface area contributed by atoms with E-state index in [4.69, 9.17) is 5.84 Å². The van der Waals surface area contributed by atoms with Crippen molar-refractivity contribution >= 4 is 16.7 Å². The van der Waals surface area contributed by atoms with Gasteiger partial charge in [-0.3, -0.25) is 5.84 Å². The molecule has 13 heavy (non-hydrogen) atoms. The van der Waals surface area contributed by atoms with Crippen molar-refractivity contribution < 1.29 is 0 Å². The maximum Gasteiger partial charge on any atom is 0.323 e. The van der Waals surface area contributed by atoms with Crippen molar-refractivity contribution in [1.82, 2.24) is 9.97 Å². The van der Waals surface area contributed by atoms with Gasteiger partial charge in [0.15, 0.2) is 0 Å². The van der Waals surface area contributed by atoms with Gasteiger partial charge in [0.1, 0.15) is 0 Å². The van der Waals surface area contributed by atoms with Gasteiger partial charge in [0, 0.05) is 0 Å². The molecule has 0 saturated carbocycles. The summed E-state index contributed by atoms with van der Waals surface area (Å²) in [6.45, 7) is 1.92. The summed E-state index contributed by atoms with van der Waals surface area (Å²) >= 11 is 0. The Morgan fingerprint density at radius 3 is 2.54 bits per heavy atom. The average molecular weight is 178 g/mol. The summed E-state index contributed by atoms with van der Waals surface area (Å²) in [5, 5.41) is 0. The van der Waals surface area contributed by atoms with E-state index in [0.717, 1.165) is 22.3 Å². The van der Waals surface area contributed by atoms with Gasteiger partial charge in [-0.1, -0.05) is 0 Å². The number of fused-ring (bicyclic) bond motifs is 1. The highest BCUT2D eigenvalue weighted by Gasteiger charge is 2.02. The van der Waals surface area contributed by atoms with Crippen LogP contribution in [-0.2, 0) is 0 Å². The largest absolute Gasteiger partial charge is 0.324 e. The molecule has 1 heterocycles. The Morgan fingerprint density at radius 2 is 1.92 bits per heavy atom. The van der Waals surface area contributed by atoms with E-state index in [9.17, 15) is 4.79 Å². The quantitative estimate of drug-likeness (QED) is 0.377. The van der Waals surface area contributed by atoms with E-state index in [2.05, 4.69) is 15.4 Å². The van der Waals surface area contributed by atoms with Crippen molar-refractivity contribution in [2.24, 2.45) is 5.84 Å². The van der Waals surface area contributed by atoms with E-state index >= 15 is 0 Å². The standard InChI is InChI=1S/C8H10N4O/c1-4-2-6-7(3-5(4)12-9)11-8(13)10-6/h2-3,12H,9H2,1H3,(H2,10,11,13). The lowest BCUT2D eigenvalue weighted by molar-refractivity contribution is 1.21. The molecule has 0 unspecified atom stereocenters. The number of imidazole rings is 1. The van der Waals surface area contributed by atoms with Crippen LogP contribution < -0.4 is 17.0 Å². The molecule has 5 nitrogen and oxygen atoms in total. The lowest BCUT2D eigenvalue weighted by Gasteiger charge is -2.03. The first-order chi connectivity index (χ1) is 6.20. The van der Waals surface area contributed by atoms with Crippen molar-refractivity contribution in [1.29, 1.82) is 0 Å². The molecule has 0 amide bonds. The summed E-state index contributed by atoms with van der Waals surface area (Å²) in [5.41, 5.74) is 5.70. The number of hydrogen-bond acceptors (Lipinski definition) is 3. The highest BCUT2D eigenvalue weighted by molar-refractivity contribution is 5.80. The topological polar surface area (TPSA) is 86.7 Å². The molecule has 0 bridgehead atoms. The highest BCUT2D eigenvalue weighted by Crippen LogP contribution is 2.18. The molecule has 0 atom stereocenters. The number of hydrazine groups is 1. The first-order valence-corrected chi connectivity index (χ1v) is 3.90. The van der Waals surface area contributed by atoms with Crippen molar-refractivity contribution in [3.8, 4) is 0 Å². The number of hydrogen-bond donors (Lipinski definition) is 4. The van der Waals surface area contributed by atoms with E-state index < -0.39 is 0 Å². The predicted molar refractivity (Wildman–Crippen MR) is 51.5 cm³/mol. The molecular formula is C8H10N4O. The fourth-order valence-corrected chi connectivity index (χ4v) is 1.35. The molecule has 5 N–H and O–H groups in total. The Hall–Kier alpha value is -1.75. The van der Waals surface area contributed by atoms with Crippen LogP contribution in [0.25, 0.3) is 11.0 Å². The summed E-state index contributed by atoms with van der Waals surface area (Å²) < 4.78 is 0. The third-order valence-corrected chi connectivity index (χ3v) is 2.02. The van der Waals surface area contributed by atoms with Crippen LogP contribution >= 0.6 is 0 Å². The molecule has 1 aromatic heterocycles. The molecule has 0 fully saturated rings. The van der Waals surface area contributed by atoms with Gasteiger partial charge < -0.3 is 15.4 Å². The summed E-state index contributed by atoms with van der Waals surface area (Å²) in [6, 6.07) is 3.66. The van der Waals surface area contributed by atoms with Gasteiger partial charge in [-0.05, 0) is 24.6 Å². The molecule has 0 spiro atoms. The second-order valence-electron chi connectivity index (χ2n) is 2.94. The molecule has 0 aliphatic heterocycles. The van der Waals surface area contributed by atoms with Gasteiger partial charge >= 0.3 is 5.69 Å². The van der Waals surface area contributed by atoms with Crippen molar-refractivity contribution in [2.75, 3.05) is 5.43 Å². The molecule has 0 aliphatic rings. The monoisotopic (exact) mass is 178 g/mol. The van der Waals surface area contributed by atoms with Crippen LogP contribution in [0.2, 0.25) is 0 Å². The number of benzene rings is 1. The van der Waals surface area contributed by atoms with E-state index in [0.29, 0.717) is 0 Å². The number of nitrogens with one attached hydrogen (secondary N) is 3. The van der Waals surface area contributed by atoms with Crippen LogP contribution in [0.5, 0.6) is 0 Å². The van der Waals surface area contributed by atoms with Crippen LogP contribution in [0.3, 0.4) is 0 Å². The fraction of sp³-hybridized carbons (Fsp3) is 0.125. The summed E-state index contributed by atoms with van der Waals surface area (Å²) in [5.74, 6) is 5.30. The van der Waals surface area contributed by atoms with Gasteiger partial charge in [-0.2, -0.15) is 0 Å². The lowest BCUT2D eigenvalue weighted by atomic mass is 10.2. The molecule has 0 saturated heterocycles. The maximum absolute atomic E-state index is 10.9. The van der Waals surface area contributed by atoms with Crippen molar-refractivity contribution in [3.05, 3.63) is 28.2 Å². The Labute approximate surface area is 73.9 Å². The van der Waals surface area contributed by atoms with E-state index in [1.807, 2.05) is 13.0 Å². The van der Waals surface area contributed by atoms with Crippen molar-refractivity contribution in [2.45, 2.75) is 6.92 Å². The Kier molecular flexibility index (Phi) is 1.60. The van der Waals surface area contributed by atoms with Crippen LogP contribution in [0, 0.1) is 6.92 Å². The number of aromatic nitrogens is 2. The number of aromatic amines is 2. The molecule has 0 radical (unpaired) electrons. The first kappa shape index (κ1) is 7.88. The number of aryl methyl sites for hydroxylation is 1. The second kappa shape index (κ2) is 2.63. The minimum absolute atomic E-state index is 0.205. The van der Waals surface area contributed by atoms with Crippen molar-refractivity contribution in [3.63, 3.8) is 0 Å². The predicted octanol–water partition coefficient (Wildman–Crippen LogP) is 0.450. The van der Waals surface area contributed by atoms with E-state index in [1.165, 1.54) is 0 Å². The van der Waals surface area contributed by atoms with Crippen LogP contribution in [-0.4, -0.2) is 9.97 Å². The SMILES string of the molecule is Cc1cc2[nH]c(=O)[nH]c2cc1NN. The number of nitrogen functional groups attached to an aromatic ring is 1. The van der Waals surface area contributed by atoms with Crippen LogP contribution in [0.15, 0.2) is 16.9 Å². The lowest BCUT2D eigenvalue weighted by Crippen LogP contribution is -2.07. The fourth-order valence-electron chi connectivity index (χ4n) is 1.35. The second-order valence-corrected chi connectivity index (χ2v) is 2.94. The van der Waals surface area contributed by atoms with Gasteiger partial charge in [0.05, 0.1) is 16.7 Å². The minimum atomic E-state index is -0.205. The zero-order valence-electron chi connectivity index (χ0n) is 7.14.